The lowest BCUT2D eigenvalue weighted by Crippen LogP contribution is -2.13. The molecule has 1 aromatic heterocycles. The Morgan fingerprint density at radius 1 is 1.26 bits per heavy atom. The Morgan fingerprint density at radius 2 is 1.95 bits per heavy atom. The molecule has 1 aromatic carbocycles. The lowest BCUT2D eigenvalue weighted by molar-refractivity contribution is 0.102. The normalized spacial score (nSPS) is 9.74. The number of benzene rings is 1. The Hall–Kier alpha value is -2.38. The first-order valence-corrected chi connectivity index (χ1v) is 5.92. The second-order valence-corrected chi connectivity index (χ2v) is 4.30. The molecule has 0 atom stereocenters. The molecule has 1 N–H and O–H groups in total. The number of carbonyl (C=O) groups excluding carboxylic acids is 1. The number of hydrogen-bond donors (Lipinski definition) is 1. The molecule has 0 radical (unpaired) electrons. The van der Waals surface area contributed by atoms with Crippen molar-refractivity contribution in [3.63, 3.8) is 0 Å². The van der Waals surface area contributed by atoms with Gasteiger partial charge in [-0.2, -0.15) is 5.26 Å². The van der Waals surface area contributed by atoms with E-state index in [-0.39, 0.29) is 5.91 Å². The molecule has 0 saturated carbocycles. The van der Waals surface area contributed by atoms with Gasteiger partial charge in [0.05, 0.1) is 23.0 Å². The van der Waals surface area contributed by atoms with Gasteiger partial charge in [0.2, 0.25) is 0 Å². The molecule has 4 nitrogen and oxygen atoms in total. The van der Waals surface area contributed by atoms with Gasteiger partial charge in [-0.3, -0.25) is 4.79 Å². The number of nitrogens with zero attached hydrogens (tertiary/aromatic N) is 2. The Kier molecular flexibility index (Phi) is 3.79. The highest BCUT2D eigenvalue weighted by Crippen LogP contribution is 2.16. The van der Waals surface area contributed by atoms with Crippen LogP contribution in [0, 0.1) is 18.3 Å². The van der Waals surface area contributed by atoms with Crippen LogP contribution < -0.4 is 5.32 Å². The lowest BCUT2D eigenvalue weighted by Gasteiger charge is -2.07. The van der Waals surface area contributed by atoms with Crippen LogP contribution >= 0.6 is 11.6 Å². The molecule has 5 heteroatoms. The minimum atomic E-state index is -0.253. The molecular formula is C14H10ClN3O. The number of nitrogens with one attached hydrogen (secondary N) is 1. The number of halogens is 1. The van der Waals surface area contributed by atoms with Crippen molar-refractivity contribution in [3.05, 3.63) is 58.4 Å². The van der Waals surface area contributed by atoms with E-state index in [1.807, 2.05) is 6.07 Å². The Bertz CT molecular complexity index is 659. The topological polar surface area (TPSA) is 65.8 Å². The average molecular weight is 272 g/mol. The van der Waals surface area contributed by atoms with Crippen LogP contribution in [0.5, 0.6) is 0 Å². The number of nitriles is 1. The van der Waals surface area contributed by atoms with E-state index < -0.39 is 0 Å². The maximum atomic E-state index is 12.0. The van der Waals surface area contributed by atoms with Gasteiger partial charge in [-0.15, -0.1) is 0 Å². The summed E-state index contributed by atoms with van der Waals surface area (Å²) < 4.78 is 0. The smallest absolute Gasteiger partial charge is 0.255 e. The summed E-state index contributed by atoms with van der Waals surface area (Å²) in [5, 5.41) is 11.8. The monoisotopic (exact) mass is 271 g/mol. The number of anilines is 1. The van der Waals surface area contributed by atoms with Gasteiger partial charge in [-0.25, -0.2) is 4.98 Å². The first kappa shape index (κ1) is 13.1. The fraction of sp³-hybridized carbons (Fsp3) is 0.0714. The van der Waals surface area contributed by atoms with Crippen molar-refractivity contribution in [1.82, 2.24) is 4.98 Å². The summed E-state index contributed by atoms with van der Waals surface area (Å²) in [6.45, 7) is 1.76. The van der Waals surface area contributed by atoms with Crippen molar-refractivity contribution in [2.45, 2.75) is 6.92 Å². The molecule has 1 amide bonds. The van der Waals surface area contributed by atoms with Crippen LogP contribution in [0.1, 0.15) is 21.6 Å². The summed E-state index contributed by atoms with van der Waals surface area (Å²) in [5.74, 6) is -0.253. The molecule has 19 heavy (non-hydrogen) atoms. The van der Waals surface area contributed by atoms with Crippen molar-refractivity contribution < 1.29 is 4.79 Å². The number of carbonyl (C=O) groups is 1. The number of aromatic nitrogens is 1. The van der Waals surface area contributed by atoms with E-state index in [2.05, 4.69) is 10.3 Å². The Morgan fingerprint density at radius 3 is 2.53 bits per heavy atom. The molecule has 0 aliphatic carbocycles. The predicted octanol–water partition coefficient (Wildman–Crippen LogP) is 3.17. The van der Waals surface area contributed by atoms with E-state index in [1.165, 1.54) is 0 Å². The zero-order valence-electron chi connectivity index (χ0n) is 10.1. The third-order valence-electron chi connectivity index (χ3n) is 2.58. The third-order valence-corrected chi connectivity index (χ3v) is 2.79. The maximum Gasteiger partial charge on any atom is 0.255 e. The van der Waals surface area contributed by atoms with E-state index in [1.54, 1.807) is 43.3 Å². The average Bonchev–Trinajstić information content (AvgIpc) is 2.42. The van der Waals surface area contributed by atoms with Gasteiger partial charge in [-0.05, 0) is 43.3 Å². The van der Waals surface area contributed by atoms with Crippen LogP contribution in [-0.2, 0) is 0 Å². The fourth-order valence-corrected chi connectivity index (χ4v) is 1.74. The summed E-state index contributed by atoms with van der Waals surface area (Å²) in [4.78, 5) is 16.1. The van der Waals surface area contributed by atoms with Crippen molar-refractivity contribution in [2.24, 2.45) is 0 Å². The zero-order chi connectivity index (χ0) is 13.8. The Balaban J connectivity index is 2.18. The van der Waals surface area contributed by atoms with E-state index in [4.69, 9.17) is 16.9 Å². The molecule has 94 valence electrons. The quantitative estimate of drug-likeness (QED) is 0.853. The first-order valence-electron chi connectivity index (χ1n) is 5.55. The standard InChI is InChI=1S/C14H10ClN3O/c1-9-12(6-7-13(15)17-9)18-14(19)11-4-2-10(8-16)3-5-11/h2-7H,1H3,(H,18,19). The SMILES string of the molecule is Cc1nc(Cl)ccc1NC(=O)c1ccc(C#N)cc1. The van der Waals surface area contributed by atoms with Crippen molar-refractivity contribution in [2.75, 3.05) is 5.32 Å². The van der Waals surface area contributed by atoms with Gasteiger partial charge in [-0.1, -0.05) is 11.6 Å². The molecule has 1 heterocycles. The van der Waals surface area contributed by atoms with E-state index in [0.29, 0.717) is 27.7 Å². The van der Waals surface area contributed by atoms with E-state index >= 15 is 0 Å². The van der Waals surface area contributed by atoms with Crippen LogP contribution in [0.4, 0.5) is 5.69 Å². The van der Waals surface area contributed by atoms with Crippen LogP contribution in [-0.4, -0.2) is 10.9 Å². The number of hydrogen-bond acceptors (Lipinski definition) is 3. The van der Waals surface area contributed by atoms with Gasteiger partial charge in [0.25, 0.3) is 5.91 Å². The number of amides is 1. The minimum absolute atomic E-state index is 0.253. The summed E-state index contributed by atoms with van der Waals surface area (Å²) >= 11 is 5.75. The van der Waals surface area contributed by atoms with E-state index in [0.717, 1.165) is 0 Å². The Labute approximate surface area is 115 Å². The van der Waals surface area contributed by atoms with Crippen LogP contribution in [0.15, 0.2) is 36.4 Å². The molecule has 2 rings (SSSR count). The molecule has 0 aliphatic rings. The van der Waals surface area contributed by atoms with Gasteiger partial charge in [0.1, 0.15) is 5.15 Å². The van der Waals surface area contributed by atoms with Gasteiger partial charge in [0, 0.05) is 5.56 Å². The predicted molar refractivity (Wildman–Crippen MR) is 73.1 cm³/mol. The molecule has 0 spiro atoms. The molecule has 0 saturated heterocycles. The molecule has 0 bridgehead atoms. The van der Waals surface area contributed by atoms with Crippen LogP contribution in [0.3, 0.4) is 0 Å². The second kappa shape index (κ2) is 5.51. The molecule has 0 fully saturated rings. The van der Waals surface area contributed by atoms with Crippen LogP contribution in [0.2, 0.25) is 5.15 Å². The van der Waals surface area contributed by atoms with Gasteiger partial charge in [0.15, 0.2) is 0 Å². The summed E-state index contributed by atoms with van der Waals surface area (Å²) in [7, 11) is 0. The molecular weight excluding hydrogens is 262 g/mol. The summed E-state index contributed by atoms with van der Waals surface area (Å²) in [6, 6.07) is 11.7. The number of aryl methyl sites for hydroxylation is 1. The van der Waals surface area contributed by atoms with Crippen molar-refractivity contribution in [1.29, 1.82) is 5.26 Å². The highest BCUT2D eigenvalue weighted by Gasteiger charge is 2.08. The third kappa shape index (κ3) is 3.09. The second-order valence-electron chi connectivity index (χ2n) is 3.91. The molecule has 0 aliphatic heterocycles. The van der Waals surface area contributed by atoms with Crippen molar-refractivity contribution >= 4 is 23.2 Å². The van der Waals surface area contributed by atoms with Crippen LogP contribution in [0.25, 0.3) is 0 Å². The fourth-order valence-electron chi connectivity index (χ4n) is 1.55. The highest BCUT2D eigenvalue weighted by molar-refractivity contribution is 6.29. The summed E-state index contributed by atoms with van der Waals surface area (Å²) in [6.07, 6.45) is 0. The maximum absolute atomic E-state index is 12.0. The number of pyridine rings is 1. The minimum Gasteiger partial charge on any atom is -0.320 e. The summed E-state index contributed by atoms with van der Waals surface area (Å²) in [5.41, 5.74) is 2.25. The van der Waals surface area contributed by atoms with Gasteiger partial charge < -0.3 is 5.32 Å². The molecule has 0 unspecified atom stereocenters. The lowest BCUT2D eigenvalue weighted by atomic mass is 10.1. The molecule has 2 aromatic rings. The zero-order valence-corrected chi connectivity index (χ0v) is 10.9. The number of rotatable bonds is 2. The largest absolute Gasteiger partial charge is 0.320 e. The highest BCUT2D eigenvalue weighted by atomic mass is 35.5. The van der Waals surface area contributed by atoms with Gasteiger partial charge >= 0.3 is 0 Å². The van der Waals surface area contributed by atoms with E-state index in [9.17, 15) is 4.79 Å². The van der Waals surface area contributed by atoms with Crippen molar-refractivity contribution in [3.8, 4) is 6.07 Å². The first-order chi connectivity index (χ1) is 9.10.